The van der Waals surface area contributed by atoms with Gasteiger partial charge in [0, 0.05) is 62.2 Å². The minimum absolute atomic E-state index is 0. The Morgan fingerprint density at radius 1 is 1.27 bits per heavy atom. The lowest BCUT2D eigenvalue weighted by Gasteiger charge is -2.27. The third-order valence-electron chi connectivity index (χ3n) is 3.98. The van der Waals surface area contributed by atoms with Gasteiger partial charge in [-0.05, 0) is 18.2 Å². The number of rotatable bonds is 7. The molecule has 0 atom stereocenters. The highest BCUT2D eigenvalue weighted by molar-refractivity contribution is 5.97. The topological polar surface area (TPSA) is 88.0 Å². The van der Waals surface area contributed by atoms with Crippen LogP contribution in [0.2, 0.25) is 0 Å². The van der Waals surface area contributed by atoms with Crippen molar-refractivity contribution >= 4 is 42.3 Å². The molecule has 2 aromatic rings. The molecule has 7 nitrogen and oxygen atoms in total. The van der Waals surface area contributed by atoms with E-state index in [9.17, 15) is 9.59 Å². The summed E-state index contributed by atoms with van der Waals surface area (Å²) in [4.78, 5) is 28.1. The number of imidazole rings is 1. The van der Waals surface area contributed by atoms with Crippen LogP contribution in [0.4, 0.5) is 5.69 Å². The second-order valence-electron chi connectivity index (χ2n) is 5.91. The minimum Gasteiger partial charge on any atom is -0.352 e. The minimum atomic E-state index is -0.114. The highest BCUT2D eigenvalue weighted by Gasteiger charge is 2.17. The van der Waals surface area contributed by atoms with Gasteiger partial charge >= 0.3 is 0 Å². The van der Waals surface area contributed by atoms with Crippen molar-refractivity contribution in [3.8, 4) is 0 Å². The lowest BCUT2D eigenvalue weighted by Crippen LogP contribution is -2.48. The maximum atomic E-state index is 12.2. The van der Waals surface area contributed by atoms with Crippen molar-refractivity contribution in [3.05, 3.63) is 48.5 Å². The zero-order chi connectivity index (χ0) is 16.8. The predicted molar refractivity (Wildman–Crippen MR) is 105 cm³/mol. The Hall–Kier alpha value is -2.09. The normalized spacial score (nSPS) is 12.9. The molecule has 142 valence electrons. The van der Waals surface area contributed by atoms with E-state index in [2.05, 4.69) is 20.9 Å². The molecule has 3 N–H and O–H groups in total. The van der Waals surface area contributed by atoms with Gasteiger partial charge in [0.15, 0.2) is 0 Å². The van der Waals surface area contributed by atoms with Gasteiger partial charge in [-0.3, -0.25) is 9.59 Å². The zero-order valence-electron chi connectivity index (χ0n) is 14.2. The molecule has 2 amide bonds. The molecular weight excluding hydrogens is 377 g/mol. The van der Waals surface area contributed by atoms with Crippen LogP contribution in [-0.4, -0.2) is 41.0 Å². The highest BCUT2D eigenvalue weighted by atomic mass is 35.5. The monoisotopic (exact) mass is 399 g/mol. The van der Waals surface area contributed by atoms with E-state index in [0.29, 0.717) is 36.7 Å². The van der Waals surface area contributed by atoms with Gasteiger partial charge in [0.25, 0.3) is 5.91 Å². The molecule has 26 heavy (non-hydrogen) atoms. The molecule has 1 fully saturated rings. The molecule has 1 aliphatic rings. The first kappa shape index (κ1) is 22.0. The molecule has 1 saturated heterocycles. The first-order chi connectivity index (χ1) is 11.7. The van der Waals surface area contributed by atoms with Gasteiger partial charge in [0.05, 0.1) is 6.33 Å². The molecule has 2 heterocycles. The Morgan fingerprint density at radius 3 is 2.73 bits per heavy atom. The Balaban J connectivity index is 0.00000169. The van der Waals surface area contributed by atoms with E-state index in [1.807, 2.05) is 10.8 Å². The van der Waals surface area contributed by atoms with Crippen molar-refractivity contribution in [2.45, 2.75) is 13.0 Å². The van der Waals surface area contributed by atoms with Gasteiger partial charge in [0.2, 0.25) is 5.91 Å². The number of carbonyl (C=O) groups excluding carboxylic acids is 2. The number of hydrogen-bond donors (Lipinski definition) is 3. The second-order valence-corrected chi connectivity index (χ2v) is 5.91. The summed E-state index contributed by atoms with van der Waals surface area (Å²) in [5, 5.41) is 8.92. The van der Waals surface area contributed by atoms with Crippen LogP contribution >= 0.6 is 24.8 Å². The van der Waals surface area contributed by atoms with E-state index in [-0.39, 0.29) is 36.6 Å². The maximum absolute atomic E-state index is 12.2. The second kappa shape index (κ2) is 10.8. The molecule has 0 spiro atoms. The first-order valence-corrected chi connectivity index (χ1v) is 8.05. The van der Waals surface area contributed by atoms with Gasteiger partial charge in [-0.25, -0.2) is 4.98 Å². The summed E-state index contributed by atoms with van der Waals surface area (Å²) in [7, 11) is 0. The number of aromatic nitrogens is 2. The number of aryl methyl sites for hydroxylation is 1. The van der Waals surface area contributed by atoms with Gasteiger partial charge in [-0.2, -0.15) is 0 Å². The predicted octanol–water partition coefficient (Wildman–Crippen LogP) is 1.70. The highest BCUT2D eigenvalue weighted by Crippen LogP contribution is 2.12. The van der Waals surface area contributed by atoms with E-state index in [1.54, 1.807) is 36.8 Å². The molecule has 9 heteroatoms. The van der Waals surface area contributed by atoms with Crippen LogP contribution in [0.25, 0.3) is 0 Å². The quantitative estimate of drug-likeness (QED) is 0.660. The van der Waals surface area contributed by atoms with Gasteiger partial charge in [-0.1, -0.05) is 6.07 Å². The average molecular weight is 400 g/mol. The largest absolute Gasteiger partial charge is 0.352 e. The van der Waals surface area contributed by atoms with Crippen molar-refractivity contribution in [1.82, 2.24) is 20.2 Å². The summed E-state index contributed by atoms with van der Waals surface area (Å²) in [5.74, 6) is 0.304. The molecule has 0 bridgehead atoms. The van der Waals surface area contributed by atoms with Crippen LogP contribution in [0, 0.1) is 5.92 Å². The van der Waals surface area contributed by atoms with Gasteiger partial charge < -0.3 is 20.5 Å². The summed E-state index contributed by atoms with van der Waals surface area (Å²) in [6, 6.07) is 6.99. The number of benzene rings is 1. The SMILES string of the molecule is Cl.Cl.O=C(CCn1ccnc1)Nc1cccc(C(=O)NCC2CNC2)c1. The Morgan fingerprint density at radius 2 is 2.08 bits per heavy atom. The number of amides is 2. The van der Waals surface area contributed by atoms with E-state index in [1.165, 1.54) is 0 Å². The molecule has 0 radical (unpaired) electrons. The number of anilines is 1. The fraction of sp³-hybridized carbons (Fsp3) is 0.353. The fourth-order valence-corrected chi connectivity index (χ4v) is 2.44. The maximum Gasteiger partial charge on any atom is 0.251 e. The van der Waals surface area contributed by atoms with Crippen LogP contribution < -0.4 is 16.0 Å². The molecular formula is C17H23Cl2N5O2. The lowest BCUT2D eigenvalue weighted by atomic mass is 10.0. The van der Waals surface area contributed by atoms with Crippen LogP contribution in [-0.2, 0) is 11.3 Å². The van der Waals surface area contributed by atoms with E-state index >= 15 is 0 Å². The fourth-order valence-electron chi connectivity index (χ4n) is 2.44. The van der Waals surface area contributed by atoms with Gasteiger partial charge in [-0.15, -0.1) is 24.8 Å². The first-order valence-electron chi connectivity index (χ1n) is 8.05. The van der Waals surface area contributed by atoms with E-state index in [0.717, 1.165) is 13.1 Å². The number of nitrogens with one attached hydrogen (secondary N) is 3. The summed E-state index contributed by atoms with van der Waals surface area (Å²) < 4.78 is 1.85. The molecule has 3 rings (SSSR count). The molecule has 1 aromatic heterocycles. The standard InChI is InChI=1S/C17H21N5O2.2ClH/c23-16(4-6-22-7-5-18-12-22)21-15-3-1-2-14(8-15)17(24)20-11-13-9-19-10-13;;/h1-3,5,7-8,12-13,19H,4,6,9-11H2,(H,20,24)(H,21,23);2*1H. The van der Waals surface area contributed by atoms with Crippen molar-refractivity contribution < 1.29 is 9.59 Å². The van der Waals surface area contributed by atoms with Gasteiger partial charge in [0.1, 0.15) is 0 Å². The molecule has 0 aliphatic carbocycles. The Kier molecular flexibility index (Phi) is 9.12. The molecule has 0 unspecified atom stereocenters. The van der Waals surface area contributed by atoms with Crippen LogP contribution in [0.3, 0.4) is 0 Å². The smallest absolute Gasteiger partial charge is 0.251 e. The van der Waals surface area contributed by atoms with Crippen LogP contribution in [0.1, 0.15) is 16.8 Å². The number of carbonyl (C=O) groups is 2. The van der Waals surface area contributed by atoms with Crippen molar-refractivity contribution in [3.63, 3.8) is 0 Å². The summed E-state index contributed by atoms with van der Waals surface area (Å²) >= 11 is 0. The summed E-state index contributed by atoms with van der Waals surface area (Å²) in [5.41, 5.74) is 1.18. The van der Waals surface area contributed by atoms with Crippen molar-refractivity contribution in [1.29, 1.82) is 0 Å². The zero-order valence-corrected chi connectivity index (χ0v) is 15.8. The summed E-state index contributed by atoms with van der Waals surface area (Å²) in [6.07, 6.45) is 5.52. The Bertz CT molecular complexity index is 705. The molecule has 0 saturated carbocycles. The third-order valence-corrected chi connectivity index (χ3v) is 3.98. The van der Waals surface area contributed by atoms with E-state index < -0.39 is 0 Å². The molecule has 1 aliphatic heterocycles. The Labute approximate surface area is 164 Å². The number of nitrogens with zero attached hydrogens (tertiary/aromatic N) is 2. The van der Waals surface area contributed by atoms with Crippen LogP contribution in [0.5, 0.6) is 0 Å². The van der Waals surface area contributed by atoms with Crippen molar-refractivity contribution in [2.75, 3.05) is 25.0 Å². The number of hydrogen-bond acceptors (Lipinski definition) is 4. The summed E-state index contributed by atoms with van der Waals surface area (Å²) in [6.45, 7) is 3.15. The average Bonchev–Trinajstić information content (AvgIpc) is 3.05. The van der Waals surface area contributed by atoms with Crippen LogP contribution in [0.15, 0.2) is 43.0 Å². The number of halogens is 2. The molecule has 1 aromatic carbocycles. The third kappa shape index (κ3) is 6.33. The van der Waals surface area contributed by atoms with Crippen molar-refractivity contribution in [2.24, 2.45) is 5.92 Å². The van der Waals surface area contributed by atoms with E-state index in [4.69, 9.17) is 0 Å². The lowest BCUT2D eigenvalue weighted by molar-refractivity contribution is -0.116.